The average Bonchev–Trinajstić information content (AvgIpc) is 2.68. The number of hydrogen-bond acceptors (Lipinski definition) is 4. The largest absolute Gasteiger partial charge is 0.344 e. The van der Waals surface area contributed by atoms with Crippen LogP contribution in [0, 0.1) is 12.8 Å². The van der Waals surface area contributed by atoms with Gasteiger partial charge in [-0.05, 0) is 38.4 Å². The van der Waals surface area contributed by atoms with Gasteiger partial charge in [0, 0.05) is 19.3 Å². The third-order valence-corrected chi connectivity index (χ3v) is 3.04. The van der Waals surface area contributed by atoms with E-state index in [2.05, 4.69) is 20.2 Å². The SMILES string of the molecule is Cc1cc(Cl)nc(N(C)C[C@@H]2CCNC2)n1. The number of aromatic nitrogens is 2. The Morgan fingerprint density at radius 2 is 2.38 bits per heavy atom. The molecular weight excluding hydrogens is 224 g/mol. The van der Waals surface area contributed by atoms with Gasteiger partial charge in [0.2, 0.25) is 5.95 Å². The molecular formula is C11H17ClN4. The number of halogens is 1. The maximum Gasteiger partial charge on any atom is 0.226 e. The van der Waals surface area contributed by atoms with Crippen LogP contribution in [0.5, 0.6) is 0 Å². The molecule has 0 spiro atoms. The standard InChI is InChI=1S/C11H17ClN4/c1-8-5-10(12)15-11(14-8)16(2)7-9-3-4-13-6-9/h5,9,13H,3-4,6-7H2,1-2H3/t9-/m1/s1. The molecule has 2 heterocycles. The third-order valence-electron chi connectivity index (χ3n) is 2.85. The molecule has 0 amide bonds. The first-order valence-electron chi connectivity index (χ1n) is 5.58. The number of hydrogen-bond donors (Lipinski definition) is 1. The van der Waals surface area contributed by atoms with Gasteiger partial charge in [0.05, 0.1) is 0 Å². The van der Waals surface area contributed by atoms with Crippen LogP contribution in [0.25, 0.3) is 0 Å². The van der Waals surface area contributed by atoms with Crippen LogP contribution in [0.15, 0.2) is 6.07 Å². The fraction of sp³-hybridized carbons (Fsp3) is 0.636. The normalized spacial score (nSPS) is 20.1. The maximum absolute atomic E-state index is 5.92. The lowest BCUT2D eigenvalue weighted by Crippen LogP contribution is -2.28. The first-order valence-corrected chi connectivity index (χ1v) is 5.96. The zero-order chi connectivity index (χ0) is 11.5. The van der Waals surface area contributed by atoms with E-state index in [4.69, 9.17) is 11.6 Å². The van der Waals surface area contributed by atoms with Crippen molar-refractivity contribution < 1.29 is 0 Å². The summed E-state index contributed by atoms with van der Waals surface area (Å²) in [6, 6.07) is 1.77. The van der Waals surface area contributed by atoms with E-state index in [-0.39, 0.29) is 0 Å². The number of aryl methyl sites for hydroxylation is 1. The Labute approximate surface area is 101 Å². The molecule has 16 heavy (non-hydrogen) atoms. The number of nitrogens with one attached hydrogen (secondary N) is 1. The summed E-state index contributed by atoms with van der Waals surface area (Å²) in [5.41, 5.74) is 0.909. The second-order valence-electron chi connectivity index (χ2n) is 4.37. The topological polar surface area (TPSA) is 41.1 Å². The van der Waals surface area contributed by atoms with Gasteiger partial charge in [0.1, 0.15) is 5.15 Å². The van der Waals surface area contributed by atoms with Crippen molar-refractivity contribution in [1.82, 2.24) is 15.3 Å². The molecule has 0 aromatic carbocycles. The van der Waals surface area contributed by atoms with E-state index in [0.717, 1.165) is 31.3 Å². The molecule has 2 rings (SSSR count). The fourth-order valence-corrected chi connectivity index (χ4v) is 2.26. The van der Waals surface area contributed by atoms with Crippen LogP contribution >= 0.6 is 11.6 Å². The van der Waals surface area contributed by atoms with Crippen molar-refractivity contribution >= 4 is 17.5 Å². The van der Waals surface area contributed by atoms with E-state index >= 15 is 0 Å². The molecule has 4 nitrogen and oxygen atoms in total. The van der Waals surface area contributed by atoms with Crippen molar-refractivity contribution in [2.45, 2.75) is 13.3 Å². The molecule has 1 aliphatic heterocycles. The molecule has 0 unspecified atom stereocenters. The lowest BCUT2D eigenvalue weighted by atomic mass is 10.1. The van der Waals surface area contributed by atoms with Crippen molar-refractivity contribution in [3.63, 3.8) is 0 Å². The highest BCUT2D eigenvalue weighted by Crippen LogP contribution is 2.15. The second kappa shape index (κ2) is 4.97. The van der Waals surface area contributed by atoms with E-state index in [9.17, 15) is 0 Å². The van der Waals surface area contributed by atoms with Crippen molar-refractivity contribution in [2.24, 2.45) is 5.92 Å². The van der Waals surface area contributed by atoms with Crippen molar-refractivity contribution in [3.05, 3.63) is 16.9 Å². The summed E-state index contributed by atoms with van der Waals surface area (Å²) in [4.78, 5) is 10.7. The van der Waals surface area contributed by atoms with Crippen molar-refractivity contribution in [1.29, 1.82) is 0 Å². The zero-order valence-corrected chi connectivity index (χ0v) is 10.5. The molecule has 1 aliphatic rings. The van der Waals surface area contributed by atoms with Gasteiger partial charge in [0.25, 0.3) is 0 Å². The monoisotopic (exact) mass is 240 g/mol. The summed E-state index contributed by atoms with van der Waals surface area (Å²) in [6.45, 7) is 5.12. The van der Waals surface area contributed by atoms with Gasteiger partial charge in [0.15, 0.2) is 0 Å². The van der Waals surface area contributed by atoms with Crippen LogP contribution in [-0.4, -0.2) is 36.6 Å². The Hall–Kier alpha value is -0.870. The van der Waals surface area contributed by atoms with Crippen LogP contribution in [0.4, 0.5) is 5.95 Å². The Morgan fingerprint density at radius 1 is 1.56 bits per heavy atom. The van der Waals surface area contributed by atoms with Crippen LogP contribution in [0.3, 0.4) is 0 Å². The Bertz CT molecular complexity index is 343. The number of rotatable bonds is 3. The molecule has 0 bridgehead atoms. The van der Waals surface area contributed by atoms with E-state index < -0.39 is 0 Å². The number of nitrogens with zero attached hydrogens (tertiary/aromatic N) is 3. The Morgan fingerprint density at radius 3 is 3.00 bits per heavy atom. The molecule has 0 saturated carbocycles. The quantitative estimate of drug-likeness (QED) is 0.813. The average molecular weight is 241 g/mol. The summed E-state index contributed by atoms with van der Waals surface area (Å²) in [5, 5.41) is 3.87. The van der Waals surface area contributed by atoms with E-state index in [1.54, 1.807) is 6.07 Å². The van der Waals surface area contributed by atoms with Crippen molar-refractivity contribution in [2.75, 3.05) is 31.6 Å². The minimum atomic E-state index is 0.513. The highest BCUT2D eigenvalue weighted by Gasteiger charge is 2.17. The molecule has 1 atom stereocenters. The highest BCUT2D eigenvalue weighted by molar-refractivity contribution is 6.29. The van der Waals surface area contributed by atoms with E-state index in [1.165, 1.54) is 6.42 Å². The molecule has 1 fully saturated rings. The van der Waals surface area contributed by atoms with Crippen LogP contribution in [0.1, 0.15) is 12.1 Å². The van der Waals surface area contributed by atoms with Crippen molar-refractivity contribution in [3.8, 4) is 0 Å². The van der Waals surface area contributed by atoms with Crippen LogP contribution in [-0.2, 0) is 0 Å². The second-order valence-corrected chi connectivity index (χ2v) is 4.76. The summed E-state index contributed by atoms with van der Waals surface area (Å²) >= 11 is 5.92. The molecule has 5 heteroatoms. The van der Waals surface area contributed by atoms with Crippen LogP contribution < -0.4 is 10.2 Å². The third kappa shape index (κ3) is 2.83. The molecule has 1 aromatic rings. The minimum Gasteiger partial charge on any atom is -0.344 e. The van der Waals surface area contributed by atoms with Crippen LogP contribution in [0.2, 0.25) is 5.15 Å². The lowest BCUT2D eigenvalue weighted by Gasteiger charge is -2.20. The zero-order valence-electron chi connectivity index (χ0n) is 9.70. The molecule has 1 aromatic heterocycles. The summed E-state index contributed by atoms with van der Waals surface area (Å²) in [7, 11) is 2.02. The van der Waals surface area contributed by atoms with Gasteiger partial charge in [-0.2, -0.15) is 0 Å². The summed E-state index contributed by atoms with van der Waals surface area (Å²) < 4.78 is 0. The van der Waals surface area contributed by atoms with E-state index in [0.29, 0.717) is 11.1 Å². The smallest absolute Gasteiger partial charge is 0.226 e. The van der Waals surface area contributed by atoms with Gasteiger partial charge in [-0.3, -0.25) is 0 Å². The Balaban J connectivity index is 2.04. The molecule has 0 radical (unpaired) electrons. The molecule has 0 aliphatic carbocycles. The first-order chi connectivity index (χ1) is 7.65. The fourth-order valence-electron chi connectivity index (χ4n) is 2.03. The summed E-state index contributed by atoms with van der Waals surface area (Å²) in [5.74, 6) is 1.41. The molecule has 1 N–H and O–H groups in total. The predicted molar refractivity (Wildman–Crippen MR) is 66.0 cm³/mol. The minimum absolute atomic E-state index is 0.513. The van der Waals surface area contributed by atoms with Gasteiger partial charge in [-0.15, -0.1) is 0 Å². The highest BCUT2D eigenvalue weighted by atomic mass is 35.5. The lowest BCUT2D eigenvalue weighted by molar-refractivity contribution is 0.572. The molecule has 1 saturated heterocycles. The first kappa shape index (κ1) is 11.6. The van der Waals surface area contributed by atoms with Gasteiger partial charge >= 0.3 is 0 Å². The number of anilines is 1. The Kier molecular flexibility index (Phi) is 3.61. The molecule has 88 valence electrons. The van der Waals surface area contributed by atoms with E-state index in [1.807, 2.05) is 14.0 Å². The maximum atomic E-state index is 5.92. The van der Waals surface area contributed by atoms with Gasteiger partial charge in [-0.1, -0.05) is 11.6 Å². The van der Waals surface area contributed by atoms with Gasteiger partial charge < -0.3 is 10.2 Å². The van der Waals surface area contributed by atoms with Gasteiger partial charge in [-0.25, -0.2) is 9.97 Å². The summed E-state index contributed by atoms with van der Waals surface area (Å²) in [6.07, 6.45) is 1.23. The predicted octanol–water partition coefficient (Wildman–Crippen LogP) is 1.48.